The van der Waals surface area contributed by atoms with E-state index in [1.54, 1.807) is 0 Å². The quantitative estimate of drug-likeness (QED) is 0.183. The molecule has 1 aliphatic heterocycles. The summed E-state index contributed by atoms with van der Waals surface area (Å²) in [5.41, 5.74) is 15.4. The van der Waals surface area contributed by atoms with Gasteiger partial charge in [-0.3, -0.25) is 4.79 Å². The van der Waals surface area contributed by atoms with Crippen LogP contribution in [0.1, 0.15) is 12.8 Å². The fraction of sp³-hybridized carbons (Fsp3) is 0.938. The SMILES string of the molecule is NC1CC(NC(=O)C(O)CC[NH3+])C(O)C(O)C1OC1OC(CO)C(O)C(O)C1N. The van der Waals surface area contributed by atoms with Gasteiger partial charge in [0.2, 0.25) is 5.91 Å². The maximum absolute atomic E-state index is 12.0. The normalized spacial score (nSPS) is 44.3. The van der Waals surface area contributed by atoms with Gasteiger partial charge in [-0.1, -0.05) is 0 Å². The zero-order chi connectivity index (χ0) is 21.9. The molecule has 0 bridgehead atoms. The molecule has 29 heavy (non-hydrogen) atoms. The van der Waals surface area contributed by atoms with Gasteiger partial charge in [-0.05, 0) is 6.42 Å². The fourth-order valence-electron chi connectivity index (χ4n) is 3.56. The predicted octanol–water partition coefficient (Wildman–Crippen LogP) is -6.93. The van der Waals surface area contributed by atoms with Crippen molar-refractivity contribution in [3.63, 3.8) is 0 Å². The minimum atomic E-state index is -1.54. The standard InChI is InChI=1S/C16H32N4O9/c17-2-1-7(22)15(27)20-6-3-5(18)14(13(26)10(6)23)29-16-9(19)12(25)11(24)8(4-21)28-16/h5-14,16,21-26H,1-4,17-19H2,(H,20,27)/p+1. The monoisotopic (exact) mass is 425 g/mol. The first kappa shape index (κ1) is 24.3. The van der Waals surface area contributed by atoms with Crippen molar-refractivity contribution < 1.29 is 50.6 Å². The van der Waals surface area contributed by atoms with Crippen LogP contribution in [0.25, 0.3) is 0 Å². The number of quaternary nitrogens is 1. The summed E-state index contributed by atoms with van der Waals surface area (Å²) in [7, 11) is 0. The number of carbonyl (C=O) groups is 1. The van der Waals surface area contributed by atoms with E-state index in [-0.39, 0.29) is 12.8 Å². The summed E-state index contributed by atoms with van der Waals surface area (Å²) in [6.07, 6.45) is -10.6. The average molecular weight is 425 g/mol. The number of hydrogen-bond acceptors (Lipinski definition) is 11. The second-order valence-electron chi connectivity index (χ2n) is 7.54. The molecule has 1 heterocycles. The lowest BCUT2D eigenvalue weighted by molar-refractivity contribution is -0.370. The molecule has 13 heteroatoms. The van der Waals surface area contributed by atoms with Crippen LogP contribution in [-0.2, 0) is 14.3 Å². The highest BCUT2D eigenvalue weighted by Gasteiger charge is 2.48. The molecule has 0 radical (unpaired) electrons. The molecule has 14 N–H and O–H groups in total. The van der Waals surface area contributed by atoms with Crippen molar-refractivity contribution in [2.75, 3.05) is 13.2 Å². The third-order valence-corrected chi connectivity index (χ3v) is 5.37. The lowest BCUT2D eigenvalue weighted by atomic mass is 9.84. The van der Waals surface area contributed by atoms with Gasteiger partial charge in [0.1, 0.15) is 42.7 Å². The van der Waals surface area contributed by atoms with E-state index in [0.29, 0.717) is 6.54 Å². The summed E-state index contributed by atoms with van der Waals surface area (Å²) in [6, 6.07) is -2.99. The van der Waals surface area contributed by atoms with Crippen LogP contribution < -0.4 is 22.5 Å². The minimum Gasteiger partial charge on any atom is -0.394 e. The smallest absolute Gasteiger partial charge is 0.249 e. The van der Waals surface area contributed by atoms with Crippen molar-refractivity contribution in [3.8, 4) is 0 Å². The number of rotatable bonds is 7. The first-order valence-electron chi connectivity index (χ1n) is 9.55. The molecule has 11 atom stereocenters. The average Bonchev–Trinajstić information content (AvgIpc) is 2.69. The highest BCUT2D eigenvalue weighted by molar-refractivity contribution is 5.80. The zero-order valence-electron chi connectivity index (χ0n) is 15.9. The van der Waals surface area contributed by atoms with Crippen LogP contribution >= 0.6 is 0 Å². The maximum Gasteiger partial charge on any atom is 0.249 e. The molecule has 1 saturated heterocycles. The Kier molecular flexibility index (Phi) is 8.69. The van der Waals surface area contributed by atoms with Crippen molar-refractivity contribution in [3.05, 3.63) is 0 Å². The Balaban J connectivity index is 2.02. The van der Waals surface area contributed by atoms with E-state index in [2.05, 4.69) is 11.1 Å². The molecule has 0 spiro atoms. The lowest BCUT2D eigenvalue weighted by Gasteiger charge is -2.46. The summed E-state index contributed by atoms with van der Waals surface area (Å²) in [5.74, 6) is -0.711. The predicted molar refractivity (Wildman–Crippen MR) is 95.5 cm³/mol. The van der Waals surface area contributed by atoms with Crippen LogP contribution in [0.15, 0.2) is 0 Å². The molecule has 0 aromatic carbocycles. The molecule has 11 unspecified atom stereocenters. The number of ether oxygens (including phenoxy) is 2. The van der Waals surface area contributed by atoms with Crippen molar-refractivity contribution in [2.45, 2.75) is 80.0 Å². The Morgan fingerprint density at radius 1 is 1.17 bits per heavy atom. The zero-order valence-corrected chi connectivity index (χ0v) is 15.9. The number of hydrogen-bond donors (Lipinski definition) is 10. The number of amides is 1. The Morgan fingerprint density at radius 3 is 2.41 bits per heavy atom. The van der Waals surface area contributed by atoms with Gasteiger partial charge in [-0.15, -0.1) is 0 Å². The Hall–Kier alpha value is -0.970. The molecule has 1 amide bonds. The number of aliphatic hydroxyl groups is 6. The Labute approximate surface area is 167 Å². The van der Waals surface area contributed by atoms with Gasteiger partial charge in [-0.2, -0.15) is 0 Å². The summed E-state index contributed by atoms with van der Waals surface area (Å²) in [6.45, 7) is -0.257. The van der Waals surface area contributed by atoms with Crippen molar-refractivity contribution in [1.29, 1.82) is 0 Å². The summed E-state index contributed by atoms with van der Waals surface area (Å²) < 4.78 is 10.9. The lowest BCUT2D eigenvalue weighted by Crippen LogP contribution is -2.68. The highest BCUT2D eigenvalue weighted by Crippen LogP contribution is 2.27. The molecular formula is C16H33N4O9+. The summed E-state index contributed by atoms with van der Waals surface area (Å²) in [5, 5.41) is 62.1. The van der Waals surface area contributed by atoms with Gasteiger partial charge in [0, 0.05) is 12.5 Å². The second kappa shape index (κ2) is 10.4. The van der Waals surface area contributed by atoms with Crippen LogP contribution in [0.3, 0.4) is 0 Å². The van der Waals surface area contributed by atoms with E-state index in [0.717, 1.165) is 0 Å². The second-order valence-corrected chi connectivity index (χ2v) is 7.54. The fourth-order valence-corrected chi connectivity index (χ4v) is 3.56. The van der Waals surface area contributed by atoms with E-state index in [1.165, 1.54) is 0 Å². The third-order valence-electron chi connectivity index (χ3n) is 5.37. The van der Waals surface area contributed by atoms with Crippen molar-refractivity contribution in [1.82, 2.24) is 5.32 Å². The minimum absolute atomic E-state index is 0.0162. The van der Waals surface area contributed by atoms with Crippen LogP contribution in [0.4, 0.5) is 0 Å². The molecule has 0 aromatic heterocycles. The Morgan fingerprint density at radius 2 is 1.83 bits per heavy atom. The van der Waals surface area contributed by atoms with E-state index < -0.39 is 79.7 Å². The van der Waals surface area contributed by atoms with Crippen LogP contribution in [0.2, 0.25) is 0 Å². The number of nitrogens with two attached hydrogens (primary N) is 2. The summed E-state index contributed by atoms with van der Waals surface area (Å²) >= 11 is 0. The molecule has 2 aliphatic rings. The van der Waals surface area contributed by atoms with E-state index in [1.807, 2.05) is 0 Å². The molecule has 170 valence electrons. The van der Waals surface area contributed by atoms with Gasteiger partial charge in [-0.25, -0.2) is 0 Å². The number of aliphatic hydroxyl groups excluding tert-OH is 6. The van der Waals surface area contributed by atoms with Gasteiger partial charge in [0.15, 0.2) is 6.29 Å². The molecule has 1 aliphatic carbocycles. The topological polar surface area (TPSA) is 249 Å². The van der Waals surface area contributed by atoms with E-state index >= 15 is 0 Å². The first-order chi connectivity index (χ1) is 13.6. The van der Waals surface area contributed by atoms with Crippen molar-refractivity contribution >= 4 is 5.91 Å². The number of nitrogens with one attached hydrogen (secondary N) is 1. The van der Waals surface area contributed by atoms with Crippen molar-refractivity contribution in [2.24, 2.45) is 11.5 Å². The molecule has 2 rings (SSSR count). The molecule has 1 saturated carbocycles. The van der Waals surface area contributed by atoms with Crippen LogP contribution in [-0.4, -0.2) is 117 Å². The highest BCUT2D eigenvalue weighted by atomic mass is 16.7. The first-order valence-corrected chi connectivity index (χ1v) is 9.55. The van der Waals surface area contributed by atoms with Crippen LogP contribution in [0, 0.1) is 0 Å². The van der Waals surface area contributed by atoms with Gasteiger partial charge in [0.05, 0.1) is 25.2 Å². The molecule has 0 aromatic rings. The largest absolute Gasteiger partial charge is 0.394 e. The Bertz CT molecular complexity index is 543. The van der Waals surface area contributed by atoms with Crippen LogP contribution in [0.5, 0.6) is 0 Å². The van der Waals surface area contributed by atoms with Gasteiger partial charge >= 0.3 is 0 Å². The van der Waals surface area contributed by atoms with E-state index in [4.69, 9.17) is 20.9 Å². The molecule has 13 nitrogen and oxygen atoms in total. The summed E-state index contributed by atoms with van der Waals surface area (Å²) in [4.78, 5) is 12.0. The number of carbonyl (C=O) groups excluding carboxylic acids is 1. The third kappa shape index (κ3) is 5.39. The van der Waals surface area contributed by atoms with Gasteiger partial charge < -0.3 is 62.6 Å². The van der Waals surface area contributed by atoms with E-state index in [9.17, 15) is 35.4 Å². The maximum atomic E-state index is 12.0. The molecular weight excluding hydrogens is 392 g/mol. The van der Waals surface area contributed by atoms with Gasteiger partial charge in [0.25, 0.3) is 0 Å². The molecule has 2 fully saturated rings.